The van der Waals surface area contributed by atoms with Crippen molar-refractivity contribution in [3.63, 3.8) is 0 Å². The molecule has 0 bridgehead atoms. The lowest BCUT2D eigenvalue weighted by atomic mass is 9.72. The van der Waals surface area contributed by atoms with Crippen LogP contribution in [0.2, 0.25) is 0 Å². The summed E-state index contributed by atoms with van der Waals surface area (Å²) in [4.78, 5) is 1.24. The molecule has 96 valence electrons. The van der Waals surface area contributed by atoms with Gasteiger partial charge < -0.3 is 10.8 Å². The van der Waals surface area contributed by atoms with Crippen molar-refractivity contribution < 1.29 is 5.11 Å². The highest BCUT2D eigenvalue weighted by Gasteiger charge is 2.42. The number of thiophene rings is 1. The summed E-state index contributed by atoms with van der Waals surface area (Å²) < 4.78 is 0. The molecule has 17 heavy (non-hydrogen) atoms. The van der Waals surface area contributed by atoms with E-state index in [1.165, 1.54) is 17.7 Å². The lowest BCUT2D eigenvalue weighted by Gasteiger charge is -2.37. The van der Waals surface area contributed by atoms with E-state index in [0.29, 0.717) is 6.54 Å². The Morgan fingerprint density at radius 1 is 1.47 bits per heavy atom. The SMILES string of the molecule is CCC1(C(O)C(CN)c2cccs2)CCCC1. The van der Waals surface area contributed by atoms with Crippen molar-refractivity contribution in [1.29, 1.82) is 0 Å². The Labute approximate surface area is 108 Å². The highest BCUT2D eigenvalue weighted by atomic mass is 32.1. The summed E-state index contributed by atoms with van der Waals surface area (Å²) in [7, 11) is 0. The second kappa shape index (κ2) is 5.51. The molecule has 1 heterocycles. The fourth-order valence-corrected chi connectivity index (χ4v) is 4.14. The van der Waals surface area contributed by atoms with Crippen LogP contribution in [0.1, 0.15) is 49.8 Å². The monoisotopic (exact) mass is 253 g/mol. The summed E-state index contributed by atoms with van der Waals surface area (Å²) in [6, 6.07) is 4.15. The summed E-state index contributed by atoms with van der Waals surface area (Å²) in [5.74, 6) is 0.119. The Morgan fingerprint density at radius 3 is 2.65 bits per heavy atom. The van der Waals surface area contributed by atoms with Crippen LogP contribution in [0.15, 0.2) is 17.5 Å². The van der Waals surface area contributed by atoms with Crippen molar-refractivity contribution in [2.75, 3.05) is 6.54 Å². The molecule has 3 N–H and O–H groups in total. The van der Waals surface area contributed by atoms with Crippen LogP contribution in [0.5, 0.6) is 0 Å². The van der Waals surface area contributed by atoms with Crippen molar-refractivity contribution in [1.82, 2.24) is 0 Å². The number of hydrogen-bond acceptors (Lipinski definition) is 3. The maximum absolute atomic E-state index is 10.8. The van der Waals surface area contributed by atoms with Gasteiger partial charge in [0.15, 0.2) is 0 Å². The first-order valence-corrected chi connectivity index (χ1v) is 7.53. The molecular weight excluding hydrogens is 230 g/mol. The van der Waals surface area contributed by atoms with E-state index >= 15 is 0 Å². The summed E-state index contributed by atoms with van der Waals surface area (Å²) >= 11 is 1.71. The van der Waals surface area contributed by atoms with Gasteiger partial charge in [-0.25, -0.2) is 0 Å². The molecule has 1 saturated carbocycles. The van der Waals surface area contributed by atoms with E-state index in [-0.39, 0.29) is 17.4 Å². The van der Waals surface area contributed by atoms with Gasteiger partial charge in [0.2, 0.25) is 0 Å². The van der Waals surface area contributed by atoms with Crippen molar-refractivity contribution in [3.05, 3.63) is 22.4 Å². The van der Waals surface area contributed by atoms with Crippen molar-refractivity contribution >= 4 is 11.3 Å². The van der Waals surface area contributed by atoms with Crippen LogP contribution in [0.4, 0.5) is 0 Å². The van der Waals surface area contributed by atoms with E-state index in [9.17, 15) is 5.11 Å². The van der Waals surface area contributed by atoms with E-state index in [1.54, 1.807) is 11.3 Å². The summed E-state index contributed by atoms with van der Waals surface area (Å²) in [5.41, 5.74) is 6.01. The third-order valence-electron chi connectivity index (χ3n) is 4.47. The van der Waals surface area contributed by atoms with Gasteiger partial charge in [0.25, 0.3) is 0 Å². The van der Waals surface area contributed by atoms with E-state index < -0.39 is 0 Å². The molecule has 1 fully saturated rings. The number of aliphatic hydroxyl groups is 1. The standard InChI is InChI=1S/C14H23NOS/c1-2-14(7-3-4-8-14)13(16)11(10-15)12-6-5-9-17-12/h5-6,9,11,13,16H,2-4,7-8,10,15H2,1H3. The number of aliphatic hydroxyl groups excluding tert-OH is 1. The lowest BCUT2D eigenvalue weighted by molar-refractivity contribution is 0.00679. The van der Waals surface area contributed by atoms with Crippen LogP contribution in [0.25, 0.3) is 0 Å². The Morgan fingerprint density at radius 2 is 2.18 bits per heavy atom. The number of rotatable bonds is 5. The minimum absolute atomic E-state index is 0.119. The molecule has 2 unspecified atom stereocenters. The fourth-order valence-electron chi connectivity index (χ4n) is 3.27. The maximum Gasteiger partial charge on any atom is 0.0684 e. The first-order chi connectivity index (χ1) is 8.23. The average molecular weight is 253 g/mol. The van der Waals surface area contributed by atoms with Crippen molar-refractivity contribution in [2.45, 2.75) is 51.0 Å². The van der Waals surface area contributed by atoms with Gasteiger partial charge in [-0.05, 0) is 36.1 Å². The Hall–Kier alpha value is -0.380. The number of nitrogens with two attached hydrogens (primary N) is 1. The fraction of sp³-hybridized carbons (Fsp3) is 0.714. The van der Waals surface area contributed by atoms with E-state index in [4.69, 9.17) is 5.73 Å². The zero-order valence-corrected chi connectivity index (χ0v) is 11.4. The van der Waals surface area contributed by atoms with Gasteiger partial charge in [0, 0.05) is 17.3 Å². The molecule has 0 aromatic carbocycles. The van der Waals surface area contributed by atoms with Gasteiger partial charge in [-0.1, -0.05) is 25.8 Å². The predicted molar refractivity (Wildman–Crippen MR) is 73.3 cm³/mol. The van der Waals surface area contributed by atoms with Crippen LogP contribution < -0.4 is 5.73 Å². The molecular formula is C14H23NOS. The van der Waals surface area contributed by atoms with Gasteiger partial charge >= 0.3 is 0 Å². The summed E-state index contributed by atoms with van der Waals surface area (Å²) in [6.45, 7) is 2.75. The average Bonchev–Trinajstić information content (AvgIpc) is 3.01. The van der Waals surface area contributed by atoms with Gasteiger partial charge in [0.1, 0.15) is 0 Å². The first kappa shape index (κ1) is 13.1. The predicted octanol–water partition coefficient (Wildman–Crippen LogP) is 3.12. The molecule has 0 radical (unpaired) electrons. The normalized spacial score (nSPS) is 22.5. The van der Waals surface area contributed by atoms with Crippen LogP contribution in [0.3, 0.4) is 0 Å². The first-order valence-electron chi connectivity index (χ1n) is 6.65. The van der Waals surface area contributed by atoms with Gasteiger partial charge in [0.05, 0.1) is 6.10 Å². The molecule has 0 saturated heterocycles. The summed E-state index contributed by atoms with van der Waals surface area (Å²) in [5, 5.41) is 12.8. The van der Waals surface area contributed by atoms with Crippen LogP contribution in [0, 0.1) is 5.41 Å². The molecule has 2 atom stereocenters. The molecule has 1 aromatic rings. The second-order valence-electron chi connectivity index (χ2n) is 5.23. The molecule has 0 amide bonds. The molecule has 2 nitrogen and oxygen atoms in total. The minimum atomic E-state index is -0.279. The molecule has 1 aliphatic rings. The number of hydrogen-bond donors (Lipinski definition) is 2. The molecule has 2 rings (SSSR count). The third-order valence-corrected chi connectivity index (χ3v) is 5.48. The van der Waals surface area contributed by atoms with Crippen LogP contribution in [-0.2, 0) is 0 Å². The topological polar surface area (TPSA) is 46.2 Å². The third kappa shape index (κ3) is 2.42. The molecule has 1 aliphatic carbocycles. The Balaban J connectivity index is 2.19. The Bertz CT molecular complexity index is 330. The van der Waals surface area contributed by atoms with Crippen LogP contribution in [-0.4, -0.2) is 17.8 Å². The van der Waals surface area contributed by atoms with E-state index in [0.717, 1.165) is 19.3 Å². The van der Waals surface area contributed by atoms with Gasteiger partial charge in [-0.2, -0.15) is 0 Å². The Kier molecular flexibility index (Phi) is 4.23. The molecule has 0 aliphatic heterocycles. The van der Waals surface area contributed by atoms with E-state index in [2.05, 4.69) is 18.4 Å². The molecule has 1 aromatic heterocycles. The summed E-state index contributed by atoms with van der Waals surface area (Å²) in [6.07, 6.45) is 5.62. The van der Waals surface area contributed by atoms with Crippen molar-refractivity contribution in [2.24, 2.45) is 11.1 Å². The zero-order valence-electron chi connectivity index (χ0n) is 10.6. The van der Waals surface area contributed by atoms with Gasteiger partial charge in [-0.15, -0.1) is 11.3 Å². The lowest BCUT2D eigenvalue weighted by Crippen LogP contribution is -2.39. The quantitative estimate of drug-likeness (QED) is 0.847. The largest absolute Gasteiger partial charge is 0.392 e. The molecule has 0 spiro atoms. The molecule has 3 heteroatoms. The highest BCUT2D eigenvalue weighted by Crippen LogP contribution is 2.47. The zero-order chi connectivity index (χ0) is 12.3. The maximum atomic E-state index is 10.8. The van der Waals surface area contributed by atoms with Crippen molar-refractivity contribution in [3.8, 4) is 0 Å². The highest BCUT2D eigenvalue weighted by molar-refractivity contribution is 7.10. The second-order valence-corrected chi connectivity index (χ2v) is 6.20. The van der Waals surface area contributed by atoms with Crippen LogP contribution >= 0.6 is 11.3 Å². The van der Waals surface area contributed by atoms with Gasteiger partial charge in [-0.3, -0.25) is 0 Å². The smallest absolute Gasteiger partial charge is 0.0684 e. The van der Waals surface area contributed by atoms with E-state index in [1.807, 2.05) is 6.07 Å². The minimum Gasteiger partial charge on any atom is -0.392 e.